The maximum Gasteiger partial charge on any atom is 0.410 e. The van der Waals surface area contributed by atoms with Crippen molar-refractivity contribution in [3.8, 4) is 17.2 Å². The van der Waals surface area contributed by atoms with Crippen LogP contribution in [0.1, 0.15) is 44.7 Å². The second-order valence-corrected chi connectivity index (χ2v) is 13.3. The first-order valence-electron chi connectivity index (χ1n) is 18.1. The van der Waals surface area contributed by atoms with Gasteiger partial charge in [0.1, 0.15) is 48.9 Å². The van der Waals surface area contributed by atoms with Crippen LogP contribution in [-0.4, -0.2) is 111 Å². The van der Waals surface area contributed by atoms with Gasteiger partial charge in [-0.3, -0.25) is 4.79 Å². The van der Waals surface area contributed by atoms with Crippen LogP contribution in [0.2, 0.25) is 0 Å². The van der Waals surface area contributed by atoms with E-state index in [9.17, 15) is 23.5 Å². The fourth-order valence-corrected chi connectivity index (χ4v) is 4.64. The Bertz CT molecular complexity index is 1540. The van der Waals surface area contributed by atoms with E-state index in [1.165, 1.54) is 29.2 Å². The summed E-state index contributed by atoms with van der Waals surface area (Å²) in [6.07, 6.45) is -1.18. The van der Waals surface area contributed by atoms with Gasteiger partial charge in [0.15, 0.2) is 11.5 Å². The molecular weight excluding hydrogens is 724 g/mol. The standard InChI is InChI=1S/C40H53F2NO12/c1-40(2,3)55-39(47)43(16-18-49-20-22-51-24-23-50-21-19-48-17-4-5-38(45)46)26-34(44)29-52-35-14-15-36(53-27-30-6-10-32(41)11-7-30)37(25-35)54-28-31-8-12-33(42)13-9-31/h6-15,25,34,44H,4-5,16-24,26-29H2,1-3H3,(H,45,46)/t34-/m1/s1. The SMILES string of the molecule is CC(C)(C)OC(=O)N(CCOCCOCCOCCOCCCC(=O)O)C[C@@H](O)COc1ccc(OCc2ccc(F)cc2)c(OCc2ccc(F)cc2)c1. The molecule has 0 aromatic heterocycles. The molecule has 0 radical (unpaired) electrons. The van der Waals surface area contributed by atoms with Crippen LogP contribution >= 0.6 is 0 Å². The molecule has 0 heterocycles. The van der Waals surface area contributed by atoms with Crippen LogP contribution < -0.4 is 14.2 Å². The third-order valence-electron chi connectivity index (χ3n) is 7.36. The summed E-state index contributed by atoms with van der Waals surface area (Å²) in [5, 5.41) is 19.5. The Morgan fingerprint density at radius 2 is 1.20 bits per heavy atom. The molecule has 3 aromatic rings. The summed E-state index contributed by atoms with van der Waals surface area (Å²) in [5.74, 6) is -0.484. The van der Waals surface area contributed by atoms with Gasteiger partial charge in [-0.05, 0) is 74.7 Å². The minimum atomic E-state index is -1.09. The summed E-state index contributed by atoms with van der Waals surface area (Å²) in [6.45, 7) is 7.97. The molecule has 3 rings (SSSR count). The van der Waals surface area contributed by atoms with E-state index in [-0.39, 0.29) is 64.2 Å². The minimum Gasteiger partial charge on any atom is -0.491 e. The number of aliphatic carboxylic acids is 1. The van der Waals surface area contributed by atoms with Crippen molar-refractivity contribution in [3.63, 3.8) is 0 Å². The molecule has 0 saturated carbocycles. The number of carboxylic acid groups (broad SMARTS) is 1. The van der Waals surface area contributed by atoms with Crippen molar-refractivity contribution >= 4 is 12.1 Å². The number of benzene rings is 3. The van der Waals surface area contributed by atoms with Gasteiger partial charge in [-0.2, -0.15) is 0 Å². The molecule has 55 heavy (non-hydrogen) atoms. The van der Waals surface area contributed by atoms with E-state index < -0.39 is 23.8 Å². The summed E-state index contributed by atoms with van der Waals surface area (Å²) in [6, 6.07) is 16.7. The topological polar surface area (TPSA) is 152 Å². The van der Waals surface area contributed by atoms with E-state index in [2.05, 4.69) is 0 Å². The zero-order valence-corrected chi connectivity index (χ0v) is 31.7. The summed E-state index contributed by atoms with van der Waals surface area (Å²) < 4.78 is 72.0. The minimum absolute atomic E-state index is 0.0733. The van der Waals surface area contributed by atoms with Crippen LogP contribution in [0.3, 0.4) is 0 Å². The Kier molecular flexibility index (Phi) is 20.2. The molecule has 0 fully saturated rings. The number of aliphatic hydroxyl groups excluding tert-OH is 1. The molecule has 1 amide bonds. The summed E-state index contributed by atoms with van der Waals surface area (Å²) >= 11 is 0. The van der Waals surface area contributed by atoms with Crippen molar-refractivity contribution < 1.29 is 66.5 Å². The van der Waals surface area contributed by atoms with Crippen LogP contribution in [0, 0.1) is 11.6 Å². The molecule has 0 unspecified atom stereocenters. The molecule has 13 nitrogen and oxygen atoms in total. The quantitative estimate of drug-likeness (QED) is 0.0870. The Balaban J connectivity index is 1.46. The number of ether oxygens (including phenoxy) is 8. The van der Waals surface area contributed by atoms with E-state index in [1.807, 2.05) is 0 Å². The van der Waals surface area contributed by atoms with Gasteiger partial charge in [0.25, 0.3) is 0 Å². The van der Waals surface area contributed by atoms with E-state index in [0.29, 0.717) is 63.3 Å². The number of halogens is 2. The highest BCUT2D eigenvalue weighted by Crippen LogP contribution is 2.33. The van der Waals surface area contributed by atoms with Crippen LogP contribution in [0.25, 0.3) is 0 Å². The van der Waals surface area contributed by atoms with Crippen molar-refractivity contribution in [3.05, 3.63) is 89.5 Å². The Morgan fingerprint density at radius 3 is 1.73 bits per heavy atom. The monoisotopic (exact) mass is 777 g/mol. The number of rotatable bonds is 27. The molecule has 2 N–H and O–H groups in total. The van der Waals surface area contributed by atoms with Crippen molar-refractivity contribution in [2.75, 3.05) is 72.6 Å². The third kappa shape index (κ3) is 20.1. The van der Waals surface area contributed by atoms with Gasteiger partial charge in [-0.15, -0.1) is 0 Å². The largest absolute Gasteiger partial charge is 0.491 e. The molecule has 0 bridgehead atoms. The lowest BCUT2D eigenvalue weighted by Crippen LogP contribution is -2.44. The van der Waals surface area contributed by atoms with Crippen molar-refractivity contribution in [1.29, 1.82) is 0 Å². The Hall–Kier alpha value is -4.54. The second kappa shape index (κ2) is 24.8. The maximum atomic E-state index is 13.4. The van der Waals surface area contributed by atoms with Crippen LogP contribution in [-0.2, 0) is 41.7 Å². The van der Waals surface area contributed by atoms with Gasteiger partial charge in [-0.25, -0.2) is 13.6 Å². The maximum absolute atomic E-state index is 13.4. The number of carboxylic acids is 1. The number of hydrogen-bond acceptors (Lipinski definition) is 11. The molecular formula is C40H53F2NO12. The number of carbonyl (C=O) groups excluding carboxylic acids is 1. The van der Waals surface area contributed by atoms with Crippen LogP contribution in [0.4, 0.5) is 13.6 Å². The molecule has 0 spiro atoms. The van der Waals surface area contributed by atoms with Gasteiger partial charge in [-0.1, -0.05) is 24.3 Å². The molecule has 0 aliphatic carbocycles. The first kappa shape index (κ1) is 44.9. The number of amides is 1. The molecule has 1 atom stereocenters. The normalized spacial score (nSPS) is 11.9. The van der Waals surface area contributed by atoms with Crippen LogP contribution in [0.15, 0.2) is 66.7 Å². The lowest BCUT2D eigenvalue weighted by molar-refractivity contribution is -0.137. The predicted molar refractivity (Wildman–Crippen MR) is 197 cm³/mol. The van der Waals surface area contributed by atoms with Gasteiger partial charge in [0.05, 0.1) is 52.8 Å². The van der Waals surface area contributed by atoms with Gasteiger partial charge in [0.2, 0.25) is 0 Å². The van der Waals surface area contributed by atoms with Gasteiger partial charge < -0.3 is 53.0 Å². The highest BCUT2D eigenvalue weighted by Gasteiger charge is 2.24. The van der Waals surface area contributed by atoms with Gasteiger partial charge in [0, 0.05) is 25.6 Å². The zero-order valence-electron chi connectivity index (χ0n) is 31.7. The number of hydrogen-bond donors (Lipinski definition) is 2. The molecule has 304 valence electrons. The average Bonchev–Trinajstić information content (AvgIpc) is 3.14. The zero-order chi connectivity index (χ0) is 39.9. The lowest BCUT2D eigenvalue weighted by Gasteiger charge is -2.29. The number of nitrogens with zero attached hydrogens (tertiary/aromatic N) is 1. The lowest BCUT2D eigenvalue weighted by atomic mass is 10.2. The van der Waals surface area contributed by atoms with Crippen molar-refractivity contribution in [1.82, 2.24) is 4.90 Å². The summed E-state index contributed by atoms with van der Waals surface area (Å²) in [5.41, 5.74) is 0.712. The predicted octanol–water partition coefficient (Wildman–Crippen LogP) is 6.03. The van der Waals surface area contributed by atoms with E-state index >= 15 is 0 Å². The van der Waals surface area contributed by atoms with E-state index in [0.717, 1.165) is 11.1 Å². The fourth-order valence-electron chi connectivity index (χ4n) is 4.64. The number of carbonyl (C=O) groups is 2. The second-order valence-electron chi connectivity index (χ2n) is 13.3. The molecule has 15 heteroatoms. The smallest absolute Gasteiger partial charge is 0.410 e. The molecule has 3 aromatic carbocycles. The fraction of sp³-hybridized carbons (Fsp3) is 0.500. The van der Waals surface area contributed by atoms with Crippen LogP contribution in [0.5, 0.6) is 17.2 Å². The van der Waals surface area contributed by atoms with E-state index in [1.54, 1.807) is 63.2 Å². The Morgan fingerprint density at radius 1 is 0.691 bits per heavy atom. The van der Waals surface area contributed by atoms with Crippen molar-refractivity contribution in [2.45, 2.75) is 58.5 Å². The van der Waals surface area contributed by atoms with Gasteiger partial charge >= 0.3 is 12.1 Å². The van der Waals surface area contributed by atoms with Crippen molar-refractivity contribution in [2.24, 2.45) is 0 Å². The highest BCUT2D eigenvalue weighted by atomic mass is 19.1. The first-order valence-corrected chi connectivity index (χ1v) is 18.1. The molecule has 0 saturated heterocycles. The molecule has 0 aliphatic heterocycles. The Labute approximate surface area is 320 Å². The summed E-state index contributed by atoms with van der Waals surface area (Å²) in [4.78, 5) is 24.8. The average molecular weight is 778 g/mol. The molecule has 0 aliphatic rings. The number of aliphatic hydroxyl groups is 1. The third-order valence-corrected chi connectivity index (χ3v) is 7.36. The highest BCUT2D eigenvalue weighted by molar-refractivity contribution is 5.68. The van der Waals surface area contributed by atoms with E-state index in [4.69, 9.17) is 43.0 Å². The first-order chi connectivity index (χ1) is 26.4. The summed E-state index contributed by atoms with van der Waals surface area (Å²) in [7, 11) is 0.